The smallest absolute Gasteiger partial charge is 0.336 e. The van der Waals surface area contributed by atoms with E-state index in [0.717, 1.165) is 0 Å². The highest BCUT2D eigenvalue weighted by atomic mass is 32.1. The molecule has 2 aromatic rings. The molecule has 0 bridgehead atoms. The number of carbonyl (C=O) groups is 1. The third-order valence-electron chi connectivity index (χ3n) is 4.33. The van der Waals surface area contributed by atoms with Crippen molar-refractivity contribution in [2.24, 2.45) is 0 Å². The minimum absolute atomic E-state index is 0.363. The van der Waals surface area contributed by atoms with Crippen molar-refractivity contribution in [3.63, 3.8) is 0 Å². The van der Waals surface area contributed by atoms with Gasteiger partial charge in [-0.3, -0.25) is 0 Å². The number of carbonyl (C=O) groups excluding carboxylic acids is 1. The standard InChI is InChI=1S/C24H30O2S/c1-3-5-7-8-9-11-12-22-18-19-23(27-22)20-14-16-21(17-15-20)26-24(25)13-10-6-4-2/h4,6,10,13-19H,3,5,7-9,11-12H2,1-2H3/b6-4+,13-10+. The molecule has 0 unspecified atom stereocenters. The summed E-state index contributed by atoms with van der Waals surface area (Å²) in [6, 6.07) is 12.2. The van der Waals surface area contributed by atoms with Gasteiger partial charge >= 0.3 is 5.97 Å². The van der Waals surface area contributed by atoms with Crippen molar-refractivity contribution in [3.05, 3.63) is 65.6 Å². The summed E-state index contributed by atoms with van der Waals surface area (Å²) < 4.78 is 5.29. The SMILES string of the molecule is C/C=C/C=C/C(=O)Oc1ccc(-c2ccc(CCCCCCCC)s2)cc1. The zero-order valence-corrected chi connectivity index (χ0v) is 17.3. The highest BCUT2D eigenvalue weighted by molar-refractivity contribution is 7.15. The minimum atomic E-state index is -0.363. The van der Waals surface area contributed by atoms with Crippen molar-refractivity contribution < 1.29 is 9.53 Å². The molecule has 0 spiro atoms. The molecular formula is C24H30O2S. The van der Waals surface area contributed by atoms with Crippen LogP contribution in [0.25, 0.3) is 10.4 Å². The average Bonchev–Trinajstić information content (AvgIpc) is 3.14. The van der Waals surface area contributed by atoms with Crippen LogP contribution in [0.4, 0.5) is 0 Å². The Hall–Kier alpha value is -2.13. The molecule has 0 aliphatic heterocycles. The lowest BCUT2D eigenvalue weighted by Gasteiger charge is -2.03. The molecule has 27 heavy (non-hydrogen) atoms. The summed E-state index contributed by atoms with van der Waals surface area (Å²) in [5.41, 5.74) is 1.17. The molecule has 0 amide bonds. The molecule has 2 nitrogen and oxygen atoms in total. The molecule has 144 valence electrons. The van der Waals surface area contributed by atoms with Gasteiger partial charge in [0.2, 0.25) is 0 Å². The van der Waals surface area contributed by atoms with Crippen LogP contribution >= 0.6 is 11.3 Å². The van der Waals surface area contributed by atoms with E-state index in [4.69, 9.17) is 4.74 Å². The van der Waals surface area contributed by atoms with Crippen LogP contribution in [0, 0.1) is 0 Å². The van der Waals surface area contributed by atoms with Gasteiger partial charge in [-0.05, 0) is 61.7 Å². The number of aryl methyl sites for hydroxylation is 1. The molecule has 0 fully saturated rings. The number of hydrogen-bond donors (Lipinski definition) is 0. The van der Waals surface area contributed by atoms with Crippen LogP contribution < -0.4 is 4.74 Å². The summed E-state index contributed by atoms with van der Waals surface area (Å²) in [6.07, 6.45) is 15.9. The van der Waals surface area contributed by atoms with Crippen LogP contribution in [-0.4, -0.2) is 5.97 Å². The predicted molar refractivity (Wildman–Crippen MR) is 116 cm³/mol. The Morgan fingerprint density at radius 1 is 0.963 bits per heavy atom. The summed E-state index contributed by atoms with van der Waals surface area (Å²) in [4.78, 5) is 14.4. The zero-order valence-electron chi connectivity index (χ0n) is 16.4. The molecule has 2 rings (SSSR count). The van der Waals surface area contributed by atoms with E-state index in [1.54, 1.807) is 12.2 Å². The van der Waals surface area contributed by atoms with E-state index in [9.17, 15) is 4.79 Å². The number of benzene rings is 1. The largest absolute Gasteiger partial charge is 0.423 e. The number of hydrogen-bond acceptors (Lipinski definition) is 3. The fraction of sp³-hybridized carbons (Fsp3) is 0.375. The molecule has 0 saturated heterocycles. The Labute approximate surface area is 167 Å². The molecule has 3 heteroatoms. The first-order valence-corrected chi connectivity index (χ1v) is 10.7. The molecule has 0 aliphatic rings. The van der Waals surface area contributed by atoms with Gasteiger partial charge in [-0.1, -0.05) is 57.3 Å². The van der Waals surface area contributed by atoms with Gasteiger partial charge in [0.15, 0.2) is 0 Å². The van der Waals surface area contributed by atoms with E-state index >= 15 is 0 Å². The molecule has 0 N–H and O–H groups in total. The van der Waals surface area contributed by atoms with E-state index in [-0.39, 0.29) is 5.97 Å². The van der Waals surface area contributed by atoms with Gasteiger partial charge in [-0.25, -0.2) is 4.79 Å². The highest BCUT2D eigenvalue weighted by Gasteiger charge is 2.05. The molecule has 0 saturated carbocycles. The van der Waals surface area contributed by atoms with Crippen molar-refractivity contribution in [1.82, 2.24) is 0 Å². The molecule has 1 aromatic carbocycles. The molecule has 0 aliphatic carbocycles. The van der Waals surface area contributed by atoms with Crippen LogP contribution in [0.5, 0.6) is 5.75 Å². The van der Waals surface area contributed by atoms with Crippen LogP contribution in [0.1, 0.15) is 57.2 Å². The summed E-state index contributed by atoms with van der Waals surface area (Å²) >= 11 is 1.86. The van der Waals surface area contributed by atoms with Crippen LogP contribution in [0.15, 0.2) is 60.7 Å². The second-order valence-electron chi connectivity index (χ2n) is 6.61. The first kappa shape index (κ1) is 21.2. The zero-order chi connectivity index (χ0) is 19.3. The third kappa shape index (κ3) is 7.96. The van der Waals surface area contributed by atoms with Crippen molar-refractivity contribution >= 4 is 17.3 Å². The van der Waals surface area contributed by atoms with E-state index in [2.05, 4.69) is 19.1 Å². The maximum absolute atomic E-state index is 11.7. The van der Waals surface area contributed by atoms with Gasteiger partial charge in [0, 0.05) is 15.8 Å². The summed E-state index contributed by atoms with van der Waals surface area (Å²) in [5, 5.41) is 0. The van der Waals surface area contributed by atoms with E-state index < -0.39 is 0 Å². The molecular weight excluding hydrogens is 352 g/mol. The summed E-state index contributed by atoms with van der Waals surface area (Å²) in [6.45, 7) is 4.16. The maximum Gasteiger partial charge on any atom is 0.336 e. The van der Waals surface area contributed by atoms with Gasteiger partial charge in [-0.15, -0.1) is 11.3 Å². The molecule has 0 radical (unpaired) electrons. The van der Waals surface area contributed by atoms with E-state index in [0.29, 0.717) is 5.75 Å². The first-order chi connectivity index (χ1) is 13.2. The Kier molecular flexibility index (Phi) is 9.64. The van der Waals surface area contributed by atoms with Gasteiger partial charge in [0.05, 0.1) is 0 Å². The Morgan fingerprint density at radius 3 is 2.44 bits per heavy atom. The third-order valence-corrected chi connectivity index (χ3v) is 5.53. The van der Waals surface area contributed by atoms with Gasteiger partial charge in [0.1, 0.15) is 5.75 Å². The number of allylic oxidation sites excluding steroid dienone is 3. The highest BCUT2D eigenvalue weighted by Crippen LogP contribution is 2.30. The fourth-order valence-electron chi connectivity index (χ4n) is 2.83. The van der Waals surface area contributed by atoms with Gasteiger partial charge in [-0.2, -0.15) is 0 Å². The fourth-order valence-corrected chi connectivity index (χ4v) is 3.88. The normalized spacial score (nSPS) is 11.5. The Balaban J connectivity index is 1.83. The summed E-state index contributed by atoms with van der Waals surface area (Å²) in [5.74, 6) is 0.205. The average molecular weight is 383 g/mol. The van der Waals surface area contributed by atoms with E-state index in [1.807, 2.05) is 48.6 Å². The number of rotatable bonds is 11. The van der Waals surface area contributed by atoms with Crippen molar-refractivity contribution in [2.75, 3.05) is 0 Å². The number of ether oxygens (including phenoxy) is 1. The second-order valence-corrected chi connectivity index (χ2v) is 7.78. The van der Waals surface area contributed by atoms with Crippen molar-refractivity contribution in [3.8, 4) is 16.2 Å². The molecule has 0 atom stereocenters. The second kappa shape index (κ2) is 12.3. The number of unbranched alkanes of at least 4 members (excludes halogenated alkanes) is 5. The molecule has 1 heterocycles. The maximum atomic E-state index is 11.7. The van der Waals surface area contributed by atoms with Gasteiger partial charge < -0.3 is 4.74 Å². The van der Waals surface area contributed by atoms with Gasteiger partial charge in [0.25, 0.3) is 0 Å². The van der Waals surface area contributed by atoms with Crippen LogP contribution in [-0.2, 0) is 11.2 Å². The Bertz CT molecular complexity index is 738. The van der Waals surface area contributed by atoms with Crippen molar-refractivity contribution in [1.29, 1.82) is 0 Å². The number of esters is 1. The first-order valence-electron chi connectivity index (χ1n) is 9.93. The molecule has 1 aromatic heterocycles. The van der Waals surface area contributed by atoms with E-state index in [1.165, 1.54) is 66.3 Å². The quantitative estimate of drug-likeness (QED) is 0.133. The topological polar surface area (TPSA) is 26.3 Å². The Morgan fingerprint density at radius 2 is 1.70 bits per heavy atom. The van der Waals surface area contributed by atoms with Crippen molar-refractivity contribution in [2.45, 2.75) is 58.8 Å². The predicted octanol–water partition coefficient (Wildman–Crippen LogP) is 7.36. The lowest BCUT2D eigenvalue weighted by atomic mass is 10.1. The minimum Gasteiger partial charge on any atom is -0.423 e. The summed E-state index contributed by atoms with van der Waals surface area (Å²) in [7, 11) is 0. The van der Waals surface area contributed by atoms with Crippen LogP contribution in [0.3, 0.4) is 0 Å². The lowest BCUT2D eigenvalue weighted by Crippen LogP contribution is -2.03. The monoisotopic (exact) mass is 382 g/mol. The van der Waals surface area contributed by atoms with Crippen LogP contribution in [0.2, 0.25) is 0 Å². The number of thiophene rings is 1. The lowest BCUT2D eigenvalue weighted by molar-refractivity contribution is -0.128.